The molecule has 6 heteroatoms. The number of hydrogen-bond donors (Lipinski definition) is 3. The summed E-state index contributed by atoms with van der Waals surface area (Å²) in [6.07, 6.45) is 11.0. The molecule has 0 spiro atoms. The van der Waals surface area contributed by atoms with E-state index in [-0.39, 0.29) is 42.2 Å². The van der Waals surface area contributed by atoms with Gasteiger partial charge in [0.1, 0.15) is 0 Å². The Kier molecular flexibility index (Phi) is 7.58. The van der Waals surface area contributed by atoms with Crippen LogP contribution in [0.4, 0.5) is 5.69 Å². The van der Waals surface area contributed by atoms with Crippen molar-refractivity contribution < 1.29 is 9.59 Å². The number of halogens is 1. The number of carbonyl (C=O) groups excluding carboxylic acids is 2. The first-order valence-corrected chi connectivity index (χ1v) is 11.1. The third-order valence-electron chi connectivity index (χ3n) is 7.04. The molecule has 4 N–H and O–H groups in total. The molecule has 5 nitrogen and oxygen atoms in total. The number of nitrogens with two attached hydrogens (primary N) is 1. The molecular formula is C23H34ClN3O2. The zero-order valence-corrected chi connectivity index (χ0v) is 17.9. The van der Waals surface area contributed by atoms with Gasteiger partial charge in [0.25, 0.3) is 5.91 Å². The average Bonchev–Trinajstić information content (AvgIpc) is 2.69. The molecule has 2 unspecified atom stereocenters. The number of hydrogen-bond acceptors (Lipinski definition) is 3. The van der Waals surface area contributed by atoms with E-state index in [9.17, 15) is 9.59 Å². The van der Waals surface area contributed by atoms with E-state index in [4.69, 9.17) is 5.73 Å². The first kappa shape index (κ1) is 22.1. The van der Waals surface area contributed by atoms with E-state index >= 15 is 0 Å². The third kappa shape index (κ3) is 5.32. The second kappa shape index (κ2) is 9.94. The van der Waals surface area contributed by atoms with Crippen molar-refractivity contribution in [3.8, 4) is 0 Å². The lowest BCUT2D eigenvalue weighted by Gasteiger charge is -2.45. The van der Waals surface area contributed by atoms with E-state index in [2.05, 4.69) is 10.6 Å². The zero-order chi connectivity index (χ0) is 19.5. The number of fused-ring (bicyclic) bond motifs is 2. The fourth-order valence-electron chi connectivity index (χ4n) is 5.61. The van der Waals surface area contributed by atoms with Crippen molar-refractivity contribution in [2.45, 2.75) is 76.3 Å². The molecule has 160 valence electrons. The first-order valence-electron chi connectivity index (χ1n) is 11.1. The van der Waals surface area contributed by atoms with Crippen molar-refractivity contribution in [1.82, 2.24) is 5.32 Å². The van der Waals surface area contributed by atoms with E-state index in [1.807, 2.05) is 18.2 Å². The van der Waals surface area contributed by atoms with Gasteiger partial charge in [-0.3, -0.25) is 9.59 Å². The summed E-state index contributed by atoms with van der Waals surface area (Å²) >= 11 is 0. The molecule has 2 amide bonds. The molecule has 0 saturated heterocycles. The highest BCUT2D eigenvalue weighted by atomic mass is 35.5. The Morgan fingerprint density at radius 3 is 2.31 bits per heavy atom. The van der Waals surface area contributed by atoms with Crippen LogP contribution < -0.4 is 16.4 Å². The summed E-state index contributed by atoms with van der Waals surface area (Å²) in [4.78, 5) is 25.4. The predicted octanol–water partition coefficient (Wildman–Crippen LogP) is 4.26. The van der Waals surface area contributed by atoms with Gasteiger partial charge in [-0.05, 0) is 68.6 Å². The molecule has 3 aliphatic rings. The summed E-state index contributed by atoms with van der Waals surface area (Å²) in [5, 5.41) is 6.32. The van der Waals surface area contributed by atoms with Gasteiger partial charge in [-0.25, -0.2) is 0 Å². The van der Waals surface area contributed by atoms with Crippen LogP contribution in [0.5, 0.6) is 0 Å². The maximum Gasteiger partial charge on any atom is 0.251 e. The fraction of sp³-hybridized carbons (Fsp3) is 0.652. The number of benzene rings is 1. The minimum Gasteiger partial charge on any atom is -0.349 e. The SMILES string of the molecule is Cl.NC1CC2CCCC(C1)C2NC(=O)c1cccc(NC(=O)C2CCCCC2)c1. The molecule has 0 aliphatic heterocycles. The molecule has 3 aliphatic carbocycles. The van der Waals surface area contributed by atoms with Gasteiger partial charge in [0.05, 0.1) is 0 Å². The van der Waals surface area contributed by atoms with E-state index < -0.39 is 0 Å². The lowest BCUT2D eigenvalue weighted by molar-refractivity contribution is -0.120. The minimum absolute atomic E-state index is 0. The summed E-state index contributed by atoms with van der Waals surface area (Å²) < 4.78 is 0. The Morgan fingerprint density at radius 2 is 1.62 bits per heavy atom. The lowest BCUT2D eigenvalue weighted by atomic mass is 9.67. The predicted molar refractivity (Wildman–Crippen MR) is 118 cm³/mol. The molecule has 2 bridgehead atoms. The van der Waals surface area contributed by atoms with Crippen LogP contribution in [0, 0.1) is 17.8 Å². The van der Waals surface area contributed by atoms with E-state index in [1.165, 1.54) is 12.8 Å². The summed E-state index contributed by atoms with van der Waals surface area (Å²) in [5.74, 6) is 1.16. The summed E-state index contributed by atoms with van der Waals surface area (Å²) in [7, 11) is 0. The Balaban J connectivity index is 0.00000240. The quantitative estimate of drug-likeness (QED) is 0.681. The van der Waals surface area contributed by atoms with Gasteiger partial charge in [0.2, 0.25) is 5.91 Å². The van der Waals surface area contributed by atoms with Crippen LogP contribution in [0.25, 0.3) is 0 Å². The van der Waals surface area contributed by atoms with Crippen molar-refractivity contribution >= 4 is 29.9 Å². The normalized spacial score (nSPS) is 29.4. The van der Waals surface area contributed by atoms with Crippen LogP contribution in [-0.2, 0) is 4.79 Å². The van der Waals surface area contributed by atoms with Crippen molar-refractivity contribution in [3.63, 3.8) is 0 Å². The number of amides is 2. The highest BCUT2D eigenvalue weighted by Gasteiger charge is 2.40. The fourth-order valence-corrected chi connectivity index (χ4v) is 5.61. The van der Waals surface area contributed by atoms with Gasteiger partial charge in [0.15, 0.2) is 0 Å². The molecule has 0 radical (unpaired) electrons. The smallest absolute Gasteiger partial charge is 0.251 e. The topological polar surface area (TPSA) is 84.2 Å². The molecule has 0 aromatic heterocycles. The maximum atomic E-state index is 12.9. The maximum absolute atomic E-state index is 12.9. The van der Waals surface area contributed by atoms with E-state index in [1.54, 1.807) is 6.07 Å². The lowest BCUT2D eigenvalue weighted by Crippen LogP contribution is -2.53. The van der Waals surface area contributed by atoms with Crippen molar-refractivity contribution in [2.24, 2.45) is 23.5 Å². The summed E-state index contributed by atoms with van der Waals surface area (Å²) in [5.41, 5.74) is 7.54. The van der Waals surface area contributed by atoms with Gasteiger partial charge in [-0.1, -0.05) is 31.7 Å². The van der Waals surface area contributed by atoms with Crippen molar-refractivity contribution in [1.29, 1.82) is 0 Å². The van der Waals surface area contributed by atoms with Gasteiger partial charge in [0, 0.05) is 29.3 Å². The molecule has 1 aromatic carbocycles. The Morgan fingerprint density at radius 1 is 0.931 bits per heavy atom. The minimum atomic E-state index is -0.0360. The van der Waals surface area contributed by atoms with Crippen LogP contribution in [0.1, 0.15) is 74.6 Å². The Bertz CT molecular complexity index is 706. The molecule has 2 atom stereocenters. The largest absolute Gasteiger partial charge is 0.349 e. The number of anilines is 1. The first-order chi connectivity index (χ1) is 13.6. The van der Waals surface area contributed by atoms with Crippen LogP contribution in [0.3, 0.4) is 0 Å². The second-order valence-corrected chi connectivity index (χ2v) is 9.09. The van der Waals surface area contributed by atoms with Crippen LogP contribution in [-0.4, -0.2) is 23.9 Å². The summed E-state index contributed by atoms with van der Waals surface area (Å²) in [6.45, 7) is 0. The van der Waals surface area contributed by atoms with E-state index in [0.717, 1.165) is 51.4 Å². The highest BCUT2D eigenvalue weighted by molar-refractivity contribution is 5.97. The van der Waals surface area contributed by atoms with Crippen molar-refractivity contribution in [2.75, 3.05) is 5.32 Å². The zero-order valence-electron chi connectivity index (χ0n) is 17.1. The standard InChI is InChI=1S/C23H33N3O2.ClH/c24-19-12-16-8-4-9-17(13-19)21(16)26-23(28)18-10-5-11-20(14-18)25-22(27)15-6-2-1-3-7-15;/h5,10-11,14-17,19,21H,1-4,6-9,12-13,24H2,(H,25,27)(H,26,28);1H. The third-order valence-corrected chi connectivity index (χ3v) is 7.04. The number of rotatable bonds is 4. The molecule has 0 heterocycles. The number of nitrogens with one attached hydrogen (secondary N) is 2. The van der Waals surface area contributed by atoms with E-state index in [0.29, 0.717) is 23.1 Å². The molecule has 3 saturated carbocycles. The van der Waals surface area contributed by atoms with Crippen molar-refractivity contribution in [3.05, 3.63) is 29.8 Å². The Labute approximate surface area is 180 Å². The van der Waals surface area contributed by atoms with Gasteiger partial charge < -0.3 is 16.4 Å². The average molecular weight is 420 g/mol. The molecule has 29 heavy (non-hydrogen) atoms. The van der Waals surface area contributed by atoms with Gasteiger partial charge in [-0.15, -0.1) is 12.4 Å². The molecule has 3 fully saturated rings. The van der Waals surface area contributed by atoms with Crippen LogP contribution in [0.15, 0.2) is 24.3 Å². The molecule has 4 rings (SSSR count). The van der Waals surface area contributed by atoms with Gasteiger partial charge >= 0.3 is 0 Å². The summed E-state index contributed by atoms with van der Waals surface area (Å²) in [6, 6.07) is 7.87. The monoisotopic (exact) mass is 419 g/mol. The van der Waals surface area contributed by atoms with Crippen LogP contribution >= 0.6 is 12.4 Å². The molecule has 1 aromatic rings. The van der Waals surface area contributed by atoms with Crippen LogP contribution in [0.2, 0.25) is 0 Å². The number of carbonyl (C=O) groups is 2. The molecular weight excluding hydrogens is 386 g/mol. The highest BCUT2D eigenvalue weighted by Crippen LogP contribution is 2.39. The Hall–Kier alpha value is -1.59. The van der Waals surface area contributed by atoms with Gasteiger partial charge in [-0.2, -0.15) is 0 Å². The second-order valence-electron chi connectivity index (χ2n) is 9.09.